The zero-order valence-electron chi connectivity index (χ0n) is 14.0. The van der Waals surface area contributed by atoms with Gasteiger partial charge in [0.2, 0.25) is 10.0 Å². The van der Waals surface area contributed by atoms with Crippen molar-refractivity contribution in [1.29, 1.82) is 0 Å². The molecule has 0 radical (unpaired) electrons. The van der Waals surface area contributed by atoms with Crippen molar-refractivity contribution in [3.05, 3.63) is 24.2 Å². The summed E-state index contributed by atoms with van der Waals surface area (Å²) < 4.78 is 35.0. The van der Waals surface area contributed by atoms with E-state index in [1.165, 1.54) is 10.6 Å². The van der Waals surface area contributed by atoms with Gasteiger partial charge in [0, 0.05) is 25.2 Å². The largest absolute Gasteiger partial charge is 0.469 e. The Hall–Kier alpha value is -2.33. The lowest BCUT2D eigenvalue weighted by atomic mass is 10.1. The molecule has 0 bridgehead atoms. The second-order valence-corrected chi connectivity index (χ2v) is 8.01. The Morgan fingerprint density at radius 3 is 2.92 bits per heavy atom. The Morgan fingerprint density at radius 2 is 2.24 bits per heavy atom. The Balaban J connectivity index is 1.58. The van der Waals surface area contributed by atoms with Crippen molar-refractivity contribution in [2.75, 3.05) is 24.7 Å². The summed E-state index contributed by atoms with van der Waals surface area (Å²) >= 11 is 0. The second kappa shape index (κ2) is 6.89. The summed E-state index contributed by atoms with van der Waals surface area (Å²) in [6.07, 6.45) is 4.14. The summed E-state index contributed by atoms with van der Waals surface area (Å²) in [5, 5.41) is 9.17. The van der Waals surface area contributed by atoms with Crippen LogP contribution in [0.4, 0.5) is 10.6 Å². The highest BCUT2D eigenvalue weighted by atomic mass is 32.2. The summed E-state index contributed by atoms with van der Waals surface area (Å²) in [5.74, 6) is 1.45. The minimum absolute atomic E-state index is 0.244. The molecule has 1 fully saturated rings. The minimum Gasteiger partial charge on any atom is -0.469 e. The van der Waals surface area contributed by atoms with Crippen LogP contribution in [0, 0.1) is 6.92 Å². The lowest BCUT2D eigenvalue weighted by Crippen LogP contribution is -2.50. The van der Waals surface area contributed by atoms with E-state index in [1.54, 1.807) is 25.3 Å². The van der Waals surface area contributed by atoms with E-state index in [0.29, 0.717) is 24.5 Å². The third kappa shape index (κ3) is 4.20. The molecular weight excluding hydrogens is 348 g/mol. The number of nitrogens with one attached hydrogen (secondary N) is 2. The minimum atomic E-state index is -3.25. The number of urea groups is 1. The number of aromatic nitrogens is 1. The predicted octanol–water partition coefficient (Wildman–Crippen LogP) is 1.79. The van der Waals surface area contributed by atoms with Gasteiger partial charge in [0.05, 0.1) is 18.1 Å². The third-order valence-corrected chi connectivity index (χ3v) is 5.33. The van der Waals surface area contributed by atoms with E-state index in [2.05, 4.69) is 15.8 Å². The van der Waals surface area contributed by atoms with E-state index >= 15 is 0 Å². The molecule has 2 aromatic rings. The van der Waals surface area contributed by atoms with Gasteiger partial charge in [-0.3, -0.25) is 5.32 Å². The van der Waals surface area contributed by atoms with Crippen LogP contribution in [0.3, 0.4) is 0 Å². The molecule has 2 amide bonds. The monoisotopic (exact) mass is 368 g/mol. The lowest BCUT2D eigenvalue weighted by Gasteiger charge is -2.31. The number of rotatable bonds is 4. The maximum Gasteiger partial charge on any atom is 0.320 e. The molecule has 2 aromatic heterocycles. The fourth-order valence-electron chi connectivity index (χ4n) is 2.80. The fourth-order valence-corrected chi connectivity index (χ4v) is 3.71. The smallest absolute Gasteiger partial charge is 0.320 e. The first-order valence-corrected chi connectivity index (χ1v) is 9.71. The SMILES string of the molecule is Cc1occc1-c1cc(NC(=O)NC2CCCN(S(C)(=O)=O)C2)no1. The van der Waals surface area contributed by atoms with Crippen LogP contribution < -0.4 is 10.6 Å². The average Bonchev–Trinajstić information content (AvgIpc) is 3.15. The van der Waals surface area contributed by atoms with Crippen LogP contribution in [0.2, 0.25) is 0 Å². The first-order valence-electron chi connectivity index (χ1n) is 7.87. The van der Waals surface area contributed by atoms with Gasteiger partial charge in [0.15, 0.2) is 11.6 Å². The number of hydrogen-bond donors (Lipinski definition) is 2. The van der Waals surface area contributed by atoms with Gasteiger partial charge in [0.1, 0.15) is 5.76 Å². The van der Waals surface area contributed by atoms with Gasteiger partial charge in [0.25, 0.3) is 0 Å². The van der Waals surface area contributed by atoms with Crippen molar-refractivity contribution in [1.82, 2.24) is 14.8 Å². The van der Waals surface area contributed by atoms with E-state index in [-0.39, 0.29) is 18.4 Å². The number of anilines is 1. The number of piperidine rings is 1. The van der Waals surface area contributed by atoms with Gasteiger partial charge in [-0.15, -0.1) is 0 Å². The molecule has 1 saturated heterocycles. The molecule has 136 valence electrons. The molecule has 1 aliphatic rings. The number of hydrogen-bond acceptors (Lipinski definition) is 6. The van der Waals surface area contributed by atoms with Gasteiger partial charge in [-0.1, -0.05) is 5.16 Å². The molecule has 9 nitrogen and oxygen atoms in total. The molecule has 0 aliphatic carbocycles. The topological polar surface area (TPSA) is 118 Å². The number of aryl methyl sites for hydroxylation is 1. The normalized spacial score (nSPS) is 18.9. The molecule has 1 aliphatic heterocycles. The summed E-state index contributed by atoms with van der Waals surface area (Å²) in [4.78, 5) is 12.1. The van der Waals surface area contributed by atoms with Gasteiger partial charge >= 0.3 is 6.03 Å². The van der Waals surface area contributed by atoms with E-state index in [4.69, 9.17) is 8.94 Å². The third-order valence-electron chi connectivity index (χ3n) is 4.06. The van der Waals surface area contributed by atoms with Crippen molar-refractivity contribution in [3.8, 4) is 11.3 Å². The van der Waals surface area contributed by atoms with Crippen molar-refractivity contribution in [2.45, 2.75) is 25.8 Å². The molecule has 1 unspecified atom stereocenters. The standard InChI is InChI=1S/C15H20N4O5S/c1-10-12(5-7-23-10)13-8-14(18-24-13)17-15(20)16-11-4-3-6-19(9-11)25(2,21)22/h5,7-8,11H,3-4,6,9H2,1-2H3,(H2,16,17,18,20). The lowest BCUT2D eigenvalue weighted by molar-refractivity contribution is 0.236. The van der Waals surface area contributed by atoms with Gasteiger partial charge < -0.3 is 14.3 Å². The molecule has 0 spiro atoms. The van der Waals surface area contributed by atoms with Crippen LogP contribution in [-0.2, 0) is 10.0 Å². The predicted molar refractivity (Wildman–Crippen MR) is 90.5 cm³/mol. The molecule has 0 saturated carbocycles. The van der Waals surface area contributed by atoms with E-state index in [1.807, 2.05) is 0 Å². The molecular formula is C15H20N4O5S. The molecule has 10 heteroatoms. The summed E-state index contributed by atoms with van der Waals surface area (Å²) in [5.41, 5.74) is 0.761. The molecule has 1 atom stereocenters. The van der Waals surface area contributed by atoms with Crippen LogP contribution in [0.1, 0.15) is 18.6 Å². The van der Waals surface area contributed by atoms with E-state index in [9.17, 15) is 13.2 Å². The number of furan rings is 1. The Labute approximate surface area is 145 Å². The zero-order chi connectivity index (χ0) is 18.0. The number of amides is 2. The highest BCUT2D eigenvalue weighted by Crippen LogP contribution is 2.26. The van der Waals surface area contributed by atoms with E-state index in [0.717, 1.165) is 12.0 Å². The maximum atomic E-state index is 12.1. The molecule has 25 heavy (non-hydrogen) atoms. The highest BCUT2D eigenvalue weighted by molar-refractivity contribution is 7.88. The number of carbonyl (C=O) groups is 1. The van der Waals surface area contributed by atoms with Crippen molar-refractivity contribution >= 4 is 21.9 Å². The first-order chi connectivity index (χ1) is 11.8. The molecule has 0 aromatic carbocycles. The molecule has 3 rings (SSSR count). The molecule has 2 N–H and O–H groups in total. The van der Waals surface area contributed by atoms with Crippen LogP contribution in [-0.4, -0.2) is 49.3 Å². The van der Waals surface area contributed by atoms with Gasteiger partial charge in [-0.25, -0.2) is 17.5 Å². The Morgan fingerprint density at radius 1 is 1.44 bits per heavy atom. The number of nitrogens with zero attached hydrogens (tertiary/aromatic N) is 2. The van der Waals surface area contributed by atoms with Crippen LogP contribution in [0.25, 0.3) is 11.3 Å². The Kier molecular flexibility index (Phi) is 4.82. The number of carbonyl (C=O) groups excluding carboxylic acids is 1. The zero-order valence-corrected chi connectivity index (χ0v) is 14.8. The summed E-state index contributed by atoms with van der Waals surface area (Å²) in [6, 6.07) is 2.65. The van der Waals surface area contributed by atoms with Crippen molar-refractivity contribution < 1.29 is 22.2 Å². The summed E-state index contributed by atoms with van der Waals surface area (Å²) in [6.45, 7) is 2.55. The van der Waals surface area contributed by atoms with Gasteiger partial charge in [-0.2, -0.15) is 0 Å². The molecule has 3 heterocycles. The van der Waals surface area contributed by atoms with E-state index < -0.39 is 16.1 Å². The maximum absolute atomic E-state index is 12.1. The fraction of sp³-hybridized carbons (Fsp3) is 0.467. The number of sulfonamides is 1. The average molecular weight is 368 g/mol. The van der Waals surface area contributed by atoms with Crippen LogP contribution >= 0.6 is 0 Å². The first kappa shape index (κ1) is 17.5. The summed E-state index contributed by atoms with van der Waals surface area (Å²) in [7, 11) is -3.25. The van der Waals surface area contributed by atoms with Crippen LogP contribution in [0.15, 0.2) is 27.3 Å². The van der Waals surface area contributed by atoms with Gasteiger partial charge in [-0.05, 0) is 25.8 Å². The van der Waals surface area contributed by atoms with Crippen molar-refractivity contribution in [2.24, 2.45) is 0 Å². The van der Waals surface area contributed by atoms with Crippen LogP contribution in [0.5, 0.6) is 0 Å². The Bertz CT molecular complexity index is 857. The van der Waals surface area contributed by atoms with Crippen molar-refractivity contribution in [3.63, 3.8) is 0 Å². The quantitative estimate of drug-likeness (QED) is 0.849. The highest BCUT2D eigenvalue weighted by Gasteiger charge is 2.27. The second-order valence-electron chi connectivity index (χ2n) is 6.03.